The number of sulfonamides is 1. The maximum atomic E-state index is 12.9. The summed E-state index contributed by atoms with van der Waals surface area (Å²) in [5, 5.41) is 0. The largest absolute Gasteiger partial charge is 0.275 e. The minimum Gasteiger partial charge on any atom is -0.275 e. The van der Waals surface area contributed by atoms with Crippen molar-refractivity contribution in [2.45, 2.75) is 19.6 Å². The van der Waals surface area contributed by atoms with Crippen LogP contribution in [-0.2, 0) is 20.9 Å². The predicted octanol–water partition coefficient (Wildman–Crippen LogP) is 5.58. The van der Waals surface area contributed by atoms with Crippen molar-refractivity contribution in [3.05, 3.63) is 115 Å². The summed E-state index contributed by atoms with van der Waals surface area (Å²) >= 11 is 0. The van der Waals surface area contributed by atoms with E-state index in [-0.39, 0.29) is 4.90 Å². The van der Waals surface area contributed by atoms with Crippen molar-refractivity contribution in [3.63, 3.8) is 0 Å². The lowest BCUT2D eigenvalue weighted by molar-refractivity contribution is 0.601. The van der Waals surface area contributed by atoms with Gasteiger partial charge in [-0.15, -0.1) is 0 Å². The van der Waals surface area contributed by atoms with Crippen LogP contribution < -0.4 is 4.72 Å². The molecule has 0 saturated heterocycles. The van der Waals surface area contributed by atoms with Gasteiger partial charge in [-0.2, -0.15) is 0 Å². The Bertz CT molecular complexity index is 1140. The minimum absolute atomic E-state index is 0.245. The van der Waals surface area contributed by atoms with Crippen LogP contribution in [0.25, 0.3) is 0 Å². The molecule has 0 atom stereocenters. The van der Waals surface area contributed by atoms with E-state index >= 15 is 0 Å². The van der Waals surface area contributed by atoms with E-state index in [1.807, 2.05) is 60.7 Å². The number of rotatable bonds is 6. The van der Waals surface area contributed by atoms with Crippen molar-refractivity contribution >= 4 is 26.6 Å². The van der Waals surface area contributed by atoms with E-state index in [4.69, 9.17) is 0 Å². The molecule has 0 radical (unpaired) electrons. The third-order valence-corrected chi connectivity index (χ3v) is 8.03. The van der Waals surface area contributed by atoms with Gasteiger partial charge in [-0.3, -0.25) is 4.72 Å². The molecular formula is C24H20NO2S2+. The first-order valence-electron chi connectivity index (χ1n) is 9.16. The monoisotopic (exact) mass is 418 g/mol. The van der Waals surface area contributed by atoms with Gasteiger partial charge >= 0.3 is 0 Å². The summed E-state index contributed by atoms with van der Waals surface area (Å²) in [6.07, 6.45) is 0. The third-order valence-electron chi connectivity index (χ3n) is 4.36. The number of benzene rings is 4. The molecule has 4 aromatic rings. The minimum atomic E-state index is -3.68. The van der Waals surface area contributed by atoms with Crippen molar-refractivity contribution in [3.8, 4) is 0 Å². The Labute approximate surface area is 174 Å². The number of anilines is 1. The van der Waals surface area contributed by atoms with Crippen molar-refractivity contribution in [2.75, 3.05) is 4.72 Å². The molecule has 0 aliphatic heterocycles. The Morgan fingerprint density at radius 3 is 1.55 bits per heavy atom. The standard InChI is InChI=1S/C24H20NO2S2/c26-29(27,22-16-8-3-9-17-22)25-23-18-10-11-19-24(23)28(20-12-4-1-5-13-20)21-14-6-2-7-15-21/h1-19,25H/q+1. The zero-order chi connectivity index (χ0) is 20.1. The predicted molar refractivity (Wildman–Crippen MR) is 119 cm³/mol. The highest BCUT2D eigenvalue weighted by atomic mass is 32.2. The summed E-state index contributed by atoms with van der Waals surface area (Å²) in [6.45, 7) is 0. The molecule has 0 aliphatic rings. The molecule has 5 heteroatoms. The van der Waals surface area contributed by atoms with Crippen molar-refractivity contribution in [2.24, 2.45) is 0 Å². The van der Waals surface area contributed by atoms with Gasteiger partial charge in [0, 0.05) is 0 Å². The van der Waals surface area contributed by atoms with Gasteiger partial charge in [-0.25, -0.2) is 8.42 Å². The van der Waals surface area contributed by atoms with E-state index in [0.717, 1.165) is 14.7 Å². The first-order valence-corrected chi connectivity index (χ1v) is 11.9. The smallest absolute Gasteiger partial charge is 0.262 e. The number of hydrogen-bond donors (Lipinski definition) is 1. The summed E-state index contributed by atoms with van der Waals surface area (Å²) in [7, 11) is -4.12. The Kier molecular flexibility index (Phi) is 5.69. The maximum Gasteiger partial charge on any atom is 0.262 e. The third kappa shape index (κ3) is 4.36. The second-order valence-corrected chi connectivity index (χ2v) is 10.0. The molecule has 0 heterocycles. The Morgan fingerprint density at radius 2 is 1.00 bits per heavy atom. The molecule has 0 fully saturated rings. The van der Waals surface area contributed by atoms with Gasteiger partial charge in [0.1, 0.15) is 16.6 Å². The van der Waals surface area contributed by atoms with Crippen molar-refractivity contribution in [1.29, 1.82) is 0 Å². The van der Waals surface area contributed by atoms with Crippen LogP contribution >= 0.6 is 0 Å². The second-order valence-electron chi connectivity index (χ2n) is 6.35. The van der Waals surface area contributed by atoms with Crippen LogP contribution in [0.4, 0.5) is 5.69 Å². The van der Waals surface area contributed by atoms with Gasteiger partial charge in [-0.05, 0) is 48.5 Å². The molecule has 0 unspecified atom stereocenters. The summed E-state index contributed by atoms with van der Waals surface area (Å²) in [5.41, 5.74) is 0.590. The van der Waals surface area contributed by atoms with Crippen molar-refractivity contribution in [1.82, 2.24) is 0 Å². The van der Waals surface area contributed by atoms with E-state index in [1.54, 1.807) is 30.3 Å². The molecule has 3 nitrogen and oxygen atoms in total. The average molecular weight is 419 g/mol. The summed E-state index contributed by atoms with van der Waals surface area (Å²) in [6, 6.07) is 36.4. The van der Waals surface area contributed by atoms with E-state index in [1.165, 1.54) is 0 Å². The fraction of sp³-hybridized carbons (Fsp3) is 0. The SMILES string of the molecule is O=S(=O)(Nc1ccccc1[S+](c1ccccc1)c1ccccc1)c1ccccc1. The summed E-state index contributed by atoms with van der Waals surface area (Å²) in [5.74, 6) is 0. The molecule has 0 spiro atoms. The lowest BCUT2D eigenvalue weighted by atomic mass is 10.3. The van der Waals surface area contributed by atoms with Crippen LogP contribution in [0.1, 0.15) is 0 Å². The van der Waals surface area contributed by atoms with E-state index in [2.05, 4.69) is 29.0 Å². The maximum absolute atomic E-state index is 12.9. The molecular weight excluding hydrogens is 398 g/mol. The van der Waals surface area contributed by atoms with Crippen LogP contribution in [0, 0.1) is 0 Å². The topological polar surface area (TPSA) is 46.2 Å². The van der Waals surface area contributed by atoms with Gasteiger partial charge in [0.2, 0.25) is 0 Å². The van der Waals surface area contributed by atoms with E-state index in [9.17, 15) is 8.42 Å². The Hall–Kier alpha value is -3.02. The van der Waals surface area contributed by atoms with Gasteiger partial charge < -0.3 is 0 Å². The number of nitrogens with one attached hydrogen (secondary N) is 1. The van der Waals surface area contributed by atoms with Gasteiger partial charge in [-0.1, -0.05) is 66.7 Å². The van der Waals surface area contributed by atoms with Crippen LogP contribution in [-0.4, -0.2) is 8.42 Å². The van der Waals surface area contributed by atoms with Gasteiger partial charge in [0.05, 0.1) is 4.90 Å². The molecule has 0 saturated carbocycles. The number of para-hydroxylation sites is 1. The second kappa shape index (κ2) is 8.55. The first-order chi connectivity index (χ1) is 14.1. The molecule has 4 aromatic carbocycles. The van der Waals surface area contributed by atoms with E-state index in [0.29, 0.717) is 5.69 Å². The molecule has 29 heavy (non-hydrogen) atoms. The lowest BCUT2D eigenvalue weighted by Gasteiger charge is -2.13. The molecule has 1 N–H and O–H groups in total. The van der Waals surface area contributed by atoms with Crippen LogP contribution in [0.15, 0.2) is 135 Å². The zero-order valence-corrected chi connectivity index (χ0v) is 17.2. The molecule has 0 bridgehead atoms. The van der Waals surface area contributed by atoms with Gasteiger partial charge in [0.25, 0.3) is 10.0 Å². The fourth-order valence-corrected chi connectivity index (χ4v) is 6.39. The highest BCUT2D eigenvalue weighted by Gasteiger charge is 2.32. The average Bonchev–Trinajstić information content (AvgIpc) is 2.77. The van der Waals surface area contributed by atoms with Crippen LogP contribution in [0.2, 0.25) is 0 Å². The first kappa shape index (κ1) is 19.3. The molecule has 0 aliphatic carbocycles. The summed E-state index contributed by atoms with van der Waals surface area (Å²) < 4.78 is 28.7. The van der Waals surface area contributed by atoms with E-state index < -0.39 is 20.9 Å². The lowest BCUT2D eigenvalue weighted by Crippen LogP contribution is -2.16. The van der Waals surface area contributed by atoms with Gasteiger partial charge in [0.15, 0.2) is 14.7 Å². The quantitative estimate of drug-likeness (QED) is 0.415. The fourth-order valence-electron chi connectivity index (χ4n) is 3.04. The highest BCUT2D eigenvalue weighted by molar-refractivity contribution is 7.97. The Morgan fingerprint density at radius 1 is 0.552 bits per heavy atom. The van der Waals surface area contributed by atoms with Crippen molar-refractivity contribution < 1.29 is 8.42 Å². The van der Waals surface area contributed by atoms with Crippen LogP contribution in [0.3, 0.4) is 0 Å². The van der Waals surface area contributed by atoms with Crippen LogP contribution in [0.5, 0.6) is 0 Å². The highest BCUT2D eigenvalue weighted by Crippen LogP contribution is 2.36. The zero-order valence-electron chi connectivity index (χ0n) is 15.6. The Balaban J connectivity index is 1.82. The molecule has 4 rings (SSSR count). The molecule has 144 valence electrons. The number of hydrogen-bond acceptors (Lipinski definition) is 2. The molecule has 0 aromatic heterocycles. The summed E-state index contributed by atoms with van der Waals surface area (Å²) in [4.78, 5) is 3.44. The normalized spacial score (nSPS) is 11.3. The molecule has 0 amide bonds.